The first-order chi connectivity index (χ1) is 6.87. The number of rotatable bonds is 1. The summed E-state index contributed by atoms with van der Waals surface area (Å²) in [7, 11) is 0. The molecule has 1 saturated carbocycles. The van der Waals surface area contributed by atoms with Crippen LogP contribution < -0.4 is 5.32 Å². The van der Waals surface area contributed by atoms with Gasteiger partial charge >= 0.3 is 6.09 Å². The van der Waals surface area contributed by atoms with Crippen molar-refractivity contribution >= 4 is 6.09 Å². The molecule has 0 aromatic carbocycles. The SMILES string of the molecule is [CH2]C1CCC(NC(=O)OC(C)(C)C)CC1. The predicted octanol–water partition coefficient (Wildman–Crippen LogP) is 2.90. The Balaban J connectivity index is 2.27. The summed E-state index contributed by atoms with van der Waals surface area (Å²) in [5, 5.41) is 2.91. The molecular formula is C12H22NO2. The average Bonchev–Trinajstić information content (AvgIpc) is 2.05. The third-order valence-corrected chi connectivity index (χ3v) is 2.57. The molecule has 15 heavy (non-hydrogen) atoms. The van der Waals surface area contributed by atoms with E-state index in [9.17, 15) is 4.79 Å². The molecule has 1 N–H and O–H groups in total. The Kier molecular flexibility index (Phi) is 4.00. The Morgan fingerprint density at radius 2 is 1.80 bits per heavy atom. The van der Waals surface area contributed by atoms with E-state index in [2.05, 4.69) is 12.2 Å². The minimum absolute atomic E-state index is 0.276. The van der Waals surface area contributed by atoms with Gasteiger partial charge < -0.3 is 10.1 Å². The van der Waals surface area contributed by atoms with Crippen molar-refractivity contribution in [2.24, 2.45) is 5.92 Å². The van der Waals surface area contributed by atoms with Gasteiger partial charge in [0.05, 0.1) is 0 Å². The van der Waals surface area contributed by atoms with Crippen LogP contribution in [0.25, 0.3) is 0 Å². The molecule has 3 nitrogen and oxygen atoms in total. The standard InChI is InChI=1S/C12H22NO2/c1-9-5-7-10(8-6-9)13-11(14)15-12(2,3)4/h9-10H,1,5-8H2,2-4H3,(H,13,14). The van der Waals surface area contributed by atoms with Crippen LogP contribution in [0.1, 0.15) is 46.5 Å². The van der Waals surface area contributed by atoms with Crippen LogP contribution in [0.2, 0.25) is 0 Å². The third-order valence-electron chi connectivity index (χ3n) is 2.57. The zero-order valence-corrected chi connectivity index (χ0v) is 10.0. The molecule has 1 radical (unpaired) electrons. The van der Waals surface area contributed by atoms with Gasteiger partial charge in [-0.3, -0.25) is 0 Å². The second-order valence-corrected chi connectivity index (χ2v) is 5.36. The van der Waals surface area contributed by atoms with Crippen molar-refractivity contribution in [1.82, 2.24) is 5.32 Å². The van der Waals surface area contributed by atoms with Gasteiger partial charge in [0.2, 0.25) is 0 Å². The highest BCUT2D eigenvalue weighted by Crippen LogP contribution is 2.23. The van der Waals surface area contributed by atoms with Crippen LogP contribution >= 0.6 is 0 Å². The number of hydrogen-bond donors (Lipinski definition) is 1. The highest BCUT2D eigenvalue weighted by molar-refractivity contribution is 5.68. The summed E-state index contributed by atoms with van der Waals surface area (Å²) >= 11 is 0. The topological polar surface area (TPSA) is 38.3 Å². The number of nitrogens with one attached hydrogen (secondary N) is 1. The number of hydrogen-bond acceptors (Lipinski definition) is 2. The highest BCUT2D eigenvalue weighted by atomic mass is 16.6. The first-order valence-corrected chi connectivity index (χ1v) is 5.69. The van der Waals surface area contributed by atoms with Crippen molar-refractivity contribution in [2.45, 2.75) is 58.1 Å². The van der Waals surface area contributed by atoms with Crippen LogP contribution in [0.4, 0.5) is 4.79 Å². The molecule has 3 heteroatoms. The lowest BCUT2D eigenvalue weighted by Crippen LogP contribution is -2.40. The second kappa shape index (κ2) is 4.86. The van der Waals surface area contributed by atoms with E-state index in [4.69, 9.17) is 4.74 Å². The van der Waals surface area contributed by atoms with Crippen molar-refractivity contribution in [3.05, 3.63) is 6.92 Å². The Bertz CT molecular complexity index is 212. The summed E-state index contributed by atoms with van der Waals surface area (Å²) in [5.41, 5.74) is -0.409. The molecule has 0 unspecified atom stereocenters. The molecule has 0 atom stereocenters. The number of amides is 1. The van der Waals surface area contributed by atoms with Crippen molar-refractivity contribution in [2.75, 3.05) is 0 Å². The van der Waals surface area contributed by atoms with Crippen LogP contribution in [0.5, 0.6) is 0 Å². The maximum atomic E-state index is 11.5. The van der Waals surface area contributed by atoms with Crippen LogP contribution in [0.15, 0.2) is 0 Å². The Morgan fingerprint density at radius 1 is 1.27 bits per heavy atom. The Hall–Kier alpha value is -0.730. The molecule has 0 aromatic heterocycles. The van der Waals surface area contributed by atoms with Crippen molar-refractivity contribution < 1.29 is 9.53 Å². The highest BCUT2D eigenvalue weighted by Gasteiger charge is 2.22. The minimum atomic E-state index is -0.409. The second-order valence-electron chi connectivity index (χ2n) is 5.36. The van der Waals surface area contributed by atoms with Gasteiger partial charge in [-0.25, -0.2) is 4.79 Å². The zero-order chi connectivity index (χ0) is 11.5. The molecule has 1 amide bonds. The number of carbonyl (C=O) groups is 1. The fourth-order valence-electron chi connectivity index (χ4n) is 1.78. The zero-order valence-electron chi connectivity index (χ0n) is 10.0. The summed E-state index contributed by atoms with van der Waals surface area (Å²) in [4.78, 5) is 11.5. The third kappa shape index (κ3) is 5.05. The molecule has 1 aliphatic carbocycles. The predicted molar refractivity (Wildman–Crippen MR) is 60.5 cm³/mol. The molecule has 0 saturated heterocycles. The van der Waals surface area contributed by atoms with Gasteiger partial charge in [-0.05, 0) is 52.4 Å². The van der Waals surface area contributed by atoms with Gasteiger partial charge in [-0.2, -0.15) is 0 Å². The molecule has 87 valence electrons. The normalized spacial score (nSPS) is 27.2. The summed E-state index contributed by atoms with van der Waals surface area (Å²) < 4.78 is 5.20. The van der Waals surface area contributed by atoms with Gasteiger partial charge in [-0.15, -0.1) is 0 Å². The largest absolute Gasteiger partial charge is 0.444 e. The maximum absolute atomic E-state index is 11.5. The lowest BCUT2D eigenvalue weighted by atomic mass is 9.87. The van der Waals surface area contributed by atoms with Crippen LogP contribution in [0.3, 0.4) is 0 Å². The average molecular weight is 212 g/mol. The van der Waals surface area contributed by atoms with E-state index in [1.807, 2.05) is 20.8 Å². The fraction of sp³-hybridized carbons (Fsp3) is 0.833. The molecule has 0 bridgehead atoms. The van der Waals surface area contributed by atoms with E-state index in [1.165, 1.54) is 0 Å². The molecule has 0 aliphatic heterocycles. The number of ether oxygens (including phenoxy) is 1. The van der Waals surface area contributed by atoms with E-state index in [0.29, 0.717) is 5.92 Å². The summed E-state index contributed by atoms with van der Waals surface area (Å²) in [6.07, 6.45) is 3.94. The van der Waals surface area contributed by atoms with Crippen molar-refractivity contribution in [1.29, 1.82) is 0 Å². The van der Waals surface area contributed by atoms with E-state index >= 15 is 0 Å². The quantitative estimate of drug-likeness (QED) is 0.725. The van der Waals surface area contributed by atoms with Crippen LogP contribution in [-0.2, 0) is 4.74 Å². The first kappa shape index (κ1) is 12.3. The molecule has 0 aromatic rings. The van der Waals surface area contributed by atoms with Crippen LogP contribution in [-0.4, -0.2) is 17.7 Å². The fourth-order valence-corrected chi connectivity index (χ4v) is 1.78. The molecule has 0 spiro atoms. The van der Waals surface area contributed by atoms with E-state index < -0.39 is 5.60 Å². The summed E-state index contributed by atoms with van der Waals surface area (Å²) in [5.74, 6) is 0.557. The lowest BCUT2D eigenvalue weighted by molar-refractivity contribution is 0.0489. The van der Waals surface area contributed by atoms with E-state index in [1.54, 1.807) is 0 Å². The van der Waals surface area contributed by atoms with E-state index in [-0.39, 0.29) is 12.1 Å². The Morgan fingerprint density at radius 3 is 2.27 bits per heavy atom. The molecule has 1 fully saturated rings. The summed E-state index contributed by atoms with van der Waals surface area (Å²) in [6.45, 7) is 9.65. The van der Waals surface area contributed by atoms with E-state index in [0.717, 1.165) is 25.7 Å². The Labute approximate surface area is 92.6 Å². The van der Waals surface area contributed by atoms with Gasteiger partial charge in [0, 0.05) is 6.04 Å². The smallest absolute Gasteiger partial charge is 0.407 e. The minimum Gasteiger partial charge on any atom is -0.444 e. The first-order valence-electron chi connectivity index (χ1n) is 5.69. The van der Waals surface area contributed by atoms with Crippen molar-refractivity contribution in [3.8, 4) is 0 Å². The number of alkyl carbamates (subject to hydrolysis) is 1. The molecule has 1 rings (SSSR count). The number of carbonyl (C=O) groups excluding carboxylic acids is 1. The lowest BCUT2D eigenvalue weighted by Gasteiger charge is -2.28. The van der Waals surface area contributed by atoms with Crippen LogP contribution in [0, 0.1) is 12.8 Å². The van der Waals surface area contributed by atoms with Gasteiger partial charge in [-0.1, -0.05) is 6.92 Å². The monoisotopic (exact) mass is 212 g/mol. The molecule has 0 heterocycles. The van der Waals surface area contributed by atoms with Gasteiger partial charge in [0.25, 0.3) is 0 Å². The van der Waals surface area contributed by atoms with Gasteiger partial charge in [0.1, 0.15) is 5.60 Å². The molecular weight excluding hydrogens is 190 g/mol. The summed E-state index contributed by atoms with van der Waals surface area (Å²) in [6, 6.07) is 0.276. The van der Waals surface area contributed by atoms with Crippen molar-refractivity contribution in [3.63, 3.8) is 0 Å². The maximum Gasteiger partial charge on any atom is 0.407 e. The molecule has 1 aliphatic rings. The van der Waals surface area contributed by atoms with Gasteiger partial charge in [0.15, 0.2) is 0 Å².